The Morgan fingerprint density at radius 2 is 1.88 bits per heavy atom. The number of H-pyrrole nitrogens is 2. The van der Waals surface area contributed by atoms with Crippen LogP contribution in [0, 0.1) is 5.92 Å². The van der Waals surface area contributed by atoms with E-state index >= 15 is 0 Å². The predicted octanol–water partition coefficient (Wildman–Crippen LogP) is 2.31. The summed E-state index contributed by atoms with van der Waals surface area (Å²) in [6.45, 7) is 3.73. The third-order valence-corrected chi connectivity index (χ3v) is 4.63. The fourth-order valence-electron chi connectivity index (χ4n) is 2.49. The number of nitrogens with one attached hydrogen (secondary N) is 4. The number of imidazole rings is 1. The minimum absolute atomic E-state index is 0.0836. The van der Waals surface area contributed by atoms with Crippen LogP contribution in [-0.2, 0) is 4.79 Å². The molecule has 0 bridgehead atoms. The van der Waals surface area contributed by atoms with Crippen molar-refractivity contribution in [2.24, 2.45) is 5.92 Å². The summed E-state index contributed by atoms with van der Waals surface area (Å²) >= 11 is 1.32. The van der Waals surface area contributed by atoms with E-state index in [1.54, 1.807) is 30.3 Å². The Bertz CT molecular complexity index is 956. The fraction of sp³-hybridized carbons (Fsp3) is 0.235. The molecule has 130 valence electrons. The molecule has 2 heterocycles. The van der Waals surface area contributed by atoms with Crippen molar-refractivity contribution >= 4 is 39.9 Å². The summed E-state index contributed by atoms with van der Waals surface area (Å²) < 4.78 is 0. The van der Waals surface area contributed by atoms with E-state index in [0.717, 1.165) is 0 Å². The molecule has 3 aromatic rings. The summed E-state index contributed by atoms with van der Waals surface area (Å²) in [5.41, 5.74) is 1.51. The van der Waals surface area contributed by atoms with Gasteiger partial charge in [0.25, 0.3) is 5.91 Å². The maximum absolute atomic E-state index is 12.6. The summed E-state index contributed by atoms with van der Waals surface area (Å²) in [7, 11) is 0. The number of amides is 2. The molecule has 7 nitrogen and oxygen atoms in total. The summed E-state index contributed by atoms with van der Waals surface area (Å²) in [6, 6.07) is 7.90. The van der Waals surface area contributed by atoms with Gasteiger partial charge in [-0.15, -0.1) is 11.3 Å². The standard InChI is InChI=1S/C17H18N4O3S/c1-9(2)14(21-15(22)13-4-3-7-25-13)16(23)18-10-5-6-11-12(8-10)20-17(24)19-11/h3-9,14H,1-2H3,(H,18,23)(H,21,22)(H2,19,20,24). The summed E-state index contributed by atoms with van der Waals surface area (Å²) in [5.74, 6) is -0.661. The van der Waals surface area contributed by atoms with E-state index in [0.29, 0.717) is 21.6 Å². The second-order valence-corrected chi connectivity index (χ2v) is 6.95. The van der Waals surface area contributed by atoms with Crippen LogP contribution in [0.5, 0.6) is 0 Å². The van der Waals surface area contributed by atoms with Gasteiger partial charge in [0.15, 0.2) is 0 Å². The highest BCUT2D eigenvalue weighted by Crippen LogP contribution is 2.16. The lowest BCUT2D eigenvalue weighted by atomic mass is 10.0. The maximum atomic E-state index is 12.6. The van der Waals surface area contributed by atoms with Gasteiger partial charge in [-0.05, 0) is 35.6 Å². The maximum Gasteiger partial charge on any atom is 0.323 e. The summed E-state index contributed by atoms with van der Waals surface area (Å²) in [6.07, 6.45) is 0. The number of carbonyl (C=O) groups excluding carboxylic acids is 2. The molecule has 0 fully saturated rings. The number of anilines is 1. The summed E-state index contributed by atoms with van der Waals surface area (Å²) in [5, 5.41) is 7.38. The van der Waals surface area contributed by atoms with E-state index in [9.17, 15) is 14.4 Å². The number of fused-ring (bicyclic) bond motifs is 1. The summed E-state index contributed by atoms with van der Waals surface area (Å²) in [4.78, 5) is 42.0. The molecule has 2 aromatic heterocycles. The van der Waals surface area contributed by atoms with Gasteiger partial charge in [0.1, 0.15) is 6.04 Å². The minimum Gasteiger partial charge on any atom is -0.339 e. The highest BCUT2D eigenvalue weighted by molar-refractivity contribution is 7.12. The molecule has 0 spiro atoms. The smallest absolute Gasteiger partial charge is 0.323 e. The average molecular weight is 358 g/mol. The van der Waals surface area contributed by atoms with Crippen LogP contribution in [0.25, 0.3) is 11.0 Å². The Morgan fingerprint density at radius 1 is 1.12 bits per heavy atom. The molecule has 0 aliphatic carbocycles. The van der Waals surface area contributed by atoms with Gasteiger partial charge in [-0.1, -0.05) is 19.9 Å². The molecule has 0 aliphatic heterocycles. The number of rotatable bonds is 5. The molecule has 2 amide bonds. The van der Waals surface area contributed by atoms with E-state index in [2.05, 4.69) is 20.6 Å². The van der Waals surface area contributed by atoms with Crippen molar-refractivity contribution in [2.45, 2.75) is 19.9 Å². The Labute approximate surface area is 147 Å². The lowest BCUT2D eigenvalue weighted by molar-refractivity contribution is -0.118. The van der Waals surface area contributed by atoms with Crippen LogP contribution in [0.1, 0.15) is 23.5 Å². The Morgan fingerprint density at radius 3 is 2.56 bits per heavy atom. The van der Waals surface area contributed by atoms with Gasteiger partial charge >= 0.3 is 5.69 Å². The molecule has 8 heteroatoms. The van der Waals surface area contributed by atoms with Crippen LogP contribution in [0.2, 0.25) is 0 Å². The van der Waals surface area contributed by atoms with Crippen LogP contribution in [0.15, 0.2) is 40.5 Å². The SMILES string of the molecule is CC(C)C(NC(=O)c1cccs1)C(=O)Nc1ccc2[nH]c(=O)[nH]c2c1. The third-order valence-electron chi connectivity index (χ3n) is 3.76. The minimum atomic E-state index is -0.671. The zero-order valence-electron chi connectivity index (χ0n) is 13.8. The van der Waals surface area contributed by atoms with Crippen LogP contribution < -0.4 is 16.3 Å². The first-order valence-corrected chi connectivity index (χ1v) is 8.69. The number of aromatic amines is 2. The Balaban J connectivity index is 1.75. The Kier molecular flexibility index (Phi) is 4.71. The number of benzene rings is 1. The predicted molar refractivity (Wildman–Crippen MR) is 98.0 cm³/mol. The molecule has 1 atom stereocenters. The first-order valence-electron chi connectivity index (χ1n) is 7.81. The van der Waals surface area contributed by atoms with E-state index in [-0.39, 0.29) is 23.4 Å². The fourth-order valence-corrected chi connectivity index (χ4v) is 3.11. The molecule has 0 radical (unpaired) electrons. The Hall–Kier alpha value is -2.87. The van der Waals surface area contributed by atoms with E-state index in [1.165, 1.54) is 11.3 Å². The van der Waals surface area contributed by atoms with Gasteiger partial charge < -0.3 is 20.6 Å². The molecule has 4 N–H and O–H groups in total. The van der Waals surface area contributed by atoms with Crippen molar-refractivity contribution in [1.82, 2.24) is 15.3 Å². The number of hydrogen-bond donors (Lipinski definition) is 4. The molecular formula is C17H18N4O3S. The lowest BCUT2D eigenvalue weighted by Gasteiger charge is -2.21. The highest BCUT2D eigenvalue weighted by atomic mass is 32.1. The number of carbonyl (C=O) groups is 2. The zero-order valence-corrected chi connectivity index (χ0v) is 14.6. The first-order chi connectivity index (χ1) is 11.9. The molecule has 0 aliphatic rings. The molecule has 0 saturated carbocycles. The molecule has 25 heavy (non-hydrogen) atoms. The lowest BCUT2D eigenvalue weighted by Crippen LogP contribution is -2.46. The second kappa shape index (κ2) is 6.94. The van der Waals surface area contributed by atoms with Crippen LogP contribution in [0.3, 0.4) is 0 Å². The quantitative estimate of drug-likeness (QED) is 0.562. The normalized spacial score (nSPS) is 12.3. The topological polar surface area (TPSA) is 107 Å². The first kappa shape index (κ1) is 17.0. The van der Waals surface area contributed by atoms with Crippen molar-refractivity contribution in [3.63, 3.8) is 0 Å². The third kappa shape index (κ3) is 3.80. The van der Waals surface area contributed by atoms with Crippen LogP contribution in [0.4, 0.5) is 5.69 Å². The van der Waals surface area contributed by atoms with E-state index in [4.69, 9.17) is 0 Å². The molecule has 1 unspecified atom stereocenters. The molecule has 1 aromatic carbocycles. The van der Waals surface area contributed by atoms with Crippen molar-refractivity contribution in [1.29, 1.82) is 0 Å². The average Bonchev–Trinajstić information content (AvgIpc) is 3.20. The van der Waals surface area contributed by atoms with Gasteiger partial charge in [-0.3, -0.25) is 9.59 Å². The van der Waals surface area contributed by atoms with Gasteiger partial charge in [-0.2, -0.15) is 0 Å². The van der Waals surface area contributed by atoms with Crippen molar-refractivity contribution in [3.05, 3.63) is 51.1 Å². The highest BCUT2D eigenvalue weighted by Gasteiger charge is 2.25. The van der Waals surface area contributed by atoms with Crippen LogP contribution in [-0.4, -0.2) is 27.8 Å². The van der Waals surface area contributed by atoms with Crippen LogP contribution >= 0.6 is 11.3 Å². The van der Waals surface area contributed by atoms with Gasteiger partial charge in [-0.25, -0.2) is 4.79 Å². The van der Waals surface area contributed by atoms with Gasteiger partial charge in [0.05, 0.1) is 15.9 Å². The van der Waals surface area contributed by atoms with E-state index in [1.807, 2.05) is 19.2 Å². The van der Waals surface area contributed by atoms with Gasteiger partial charge in [0, 0.05) is 5.69 Å². The number of hydrogen-bond acceptors (Lipinski definition) is 4. The molecular weight excluding hydrogens is 340 g/mol. The monoisotopic (exact) mass is 358 g/mol. The van der Waals surface area contributed by atoms with Crippen molar-refractivity contribution in [2.75, 3.05) is 5.32 Å². The van der Waals surface area contributed by atoms with Gasteiger partial charge in [0.2, 0.25) is 5.91 Å². The van der Waals surface area contributed by atoms with E-state index < -0.39 is 6.04 Å². The zero-order chi connectivity index (χ0) is 18.0. The number of aromatic nitrogens is 2. The molecule has 3 rings (SSSR count). The largest absolute Gasteiger partial charge is 0.339 e. The van der Waals surface area contributed by atoms with Crippen molar-refractivity contribution < 1.29 is 9.59 Å². The van der Waals surface area contributed by atoms with Crippen molar-refractivity contribution in [3.8, 4) is 0 Å². The second-order valence-electron chi connectivity index (χ2n) is 6.00. The molecule has 0 saturated heterocycles. The number of thiophene rings is 1.